The van der Waals surface area contributed by atoms with Crippen LogP contribution < -0.4 is 9.46 Å². The van der Waals surface area contributed by atoms with Crippen molar-refractivity contribution in [3.05, 3.63) is 36.2 Å². The van der Waals surface area contributed by atoms with E-state index in [0.29, 0.717) is 18.9 Å². The van der Waals surface area contributed by atoms with Crippen molar-refractivity contribution in [1.82, 2.24) is 19.7 Å². The summed E-state index contributed by atoms with van der Waals surface area (Å²) in [5.74, 6) is 0.784. The molecule has 0 aliphatic rings. The second-order valence-electron chi connectivity index (χ2n) is 5.92. The van der Waals surface area contributed by atoms with Gasteiger partial charge in [0.1, 0.15) is 5.75 Å². The van der Waals surface area contributed by atoms with E-state index in [9.17, 15) is 8.42 Å². The largest absolute Gasteiger partial charge is 0.494 e. The number of rotatable bonds is 8. The normalized spacial score (nSPS) is 13.2. The average molecular weight is 352 g/mol. The van der Waals surface area contributed by atoms with E-state index in [1.165, 1.54) is 4.80 Å². The molecule has 0 aliphatic heterocycles. The van der Waals surface area contributed by atoms with Gasteiger partial charge in [-0.2, -0.15) is 15.0 Å². The van der Waals surface area contributed by atoms with Gasteiger partial charge < -0.3 is 4.74 Å². The van der Waals surface area contributed by atoms with Gasteiger partial charge in [0.25, 0.3) is 0 Å². The van der Waals surface area contributed by atoms with Gasteiger partial charge in [0.05, 0.1) is 30.4 Å². The molecule has 1 aromatic carbocycles. The fourth-order valence-corrected chi connectivity index (χ4v) is 3.73. The number of nitrogens with zero attached hydrogens (tertiary/aromatic N) is 3. The zero-order chi connectivity index (χ0) is 17.7. The summed E-state index contributed by atoms with van der Waals surface area (Å²) >= 11 is 0. The standard InChI is InChI=1S/C16H24N4O3S/c1-5-23-16-7-6-14(10-13(16)4)24(21,22)19-15(12(2)3)11-20-17-8-9-18-20/h6-10,12,15,19H,5,11H2,1-4H3. The minimum Gasteiger partial charge on any atom is -0.494 e. The highest BCUT2D eigenvalue weighted by Crippen LogP contribution is 2.22. The van der Waals surface area contributed by atoms with E-state index >= 15 is 0 Å². The molecule has 132 valence electrons. The van der Waals surface area contributed by atoms with Gasteiger partial charge in [-0.15, -0.1) is 0 Å². The Morgan fingerprint density at radius 3 is 2.46 bits per heavy atom. The molecule has 1 heterocycles. The highest BCUT2D eigenvalue weighted by atomic mass is 32.2. The van der Waals surface area contributed by atoms with Gasteiger partial charge in [0, 0.05) is 6.04 Å². The van der Waals surface area contributed by atoms with Crippen LogP contribution in [-0.4, -0.2) is 36.1 Å². The number of hydrogen-bond acceptors (Lipinski definition) is 5. The van der Waals surface area contributed by atoms with E-state index < -0.39 is 10.0 Å². The number of nitrogens with one attached hydrogen (secondary N) is 1. The van der Waals surface area contributed by atoms with Gasteiger partial charge in [-0.3, -0.25) is 0 Å². The van der Waals surface area contributed by atoms with Gasteiger partial charge in [0.15, 0.2) is 0 Å². The summed E-state index contributed by atoms with van der Waals surface area (Å²) in [6.07, 6.45) is 3.14. The lowest BCUT2D eigenvalue weighted by Gasteiger charge is -2.22. The van der Waals surface area contributed by atoms with Crippen LogP contribution >= 0.6 is 0 Å². The lowest BCUT2D eigenvalue weighted by atomic mass is 10.1. The smallest absolute Gasteiger partial charge is 0.240 e. The van der Waals surface area contributed by atoms with E-state index in [2.05, 4.69) is 14.9 Å². The molecule has 2 rings (SSSR count). The van der Waals surface area contributed by atoms with Crippen molar-refractivity contribution < 1.29 is 13.2 Å². The predicted octanol–water partition coefficient (Wildman–Crippen LogP) is 1.99. The maximum atomic E-state index is 12.7. The van der Waals surface area contributed by atoms with Crippen molar-refractivity contribution in [2.24, 2.45) is 5.92 Å². The van der Waals surface area contributed by atoms with Crippen molar-refractivity contribution in [1.29, 1.82) is 0 Å². The number of hydrogen-bond donors (Lipinski definition) is 1. The molecule has 0 saturated carbocycles. The van der Waals surface area contributed by atoms with Crippen molar-refractivity contribution in [2.75, 3.05) is 6.61 Å². The molecule has 0 fully saturated rings. The Bertz CT molecular complexity index is 758. The first-order valence-corrected chi connectivity index (χ1v) is 9.41. The Labute approximate surface area is 143 Å². The maximum Gasteiger partial charge on any atom is 0.240 e. The van der Waals surface area contributed by atoms with Gasteiger partial charge in [-0.25, -0.2) is 13.1 Å². The zero-order valence-corrected chi connectivity index (χ0v) is 15.2. The van der Waals surface area contributed by atoms with Gasteiger partial charge in [0.2, 0.25) is 10.0 Å². The fourth-order valence-electron chi connectivity index (χ4n) is 2.27. The van der Waals surface area contributed by atoms with Crippen molar-refractivity contribution >= 4 is 10.0 Å². The molecule has 0 spiro atoms. The second kappa shape index (κ2) is 7.76. The summed E-state index contributed by atoms with van der Waals surface area (Å²) in [6.45, 7) is 8.55. The third-order valence-electron chi connectivity index (χ3n) is 3.69. The van der Waals surface area contributed by atoms with E-state index in [0.717, 1.165) is 5.56 Å². The highest BCUT2D eigenvalue weighted by molar-refractivity contribution is 7.89. The van der Waals surface area contributed by atoms with Gasteiger partial charge in [-0.1, -0.05) is 13.8 Å². The number of benzene rings is 1. The van der Waals surface area contributed by atoms with Crippen LogP contribution in [0.25, 0.3) is 0 Å². The summed E-state index contributed by atoms with van der Waals surface area (Å²) in [5.41, 5.74) is 0.787. The van der Waals surface area contributed by atoms with Crippen molar-refractivity contribution in [3.63, 3.8) is 0 Å². The maximum absolute atomic E-state index is 12.7. The first kappa shape index (κ1) is 18.4. The Hall–Kier alpha value is -1.93. The minimum atomic E-state index is -3.64. The van der Waals surface area contributed by atoms with Crippen LogP contribution in [0.2, 0.25) is 0 Å². The predicted molar refractivity (Wildman–Crippen MR) is 91.3 cm³/mol. The first-order chi connectivity index (χ1) is 11.3. The monoisotopic (exact) mass is 352 g/mol. The molecule has 0 saturated heterocycles. The summed E-state index contributed by atoms with van der Waals surface area (Å²) in [4.78, 5) is 1.71. The van der Waals surface area contributed by atoms with E-state index in [1.54, 1.807) is 30.6 Å². The molecule has 0 bridgehead atoms. The molecule has 1 unspecified atom stereocenters. The third-order valence-corrected chi connectivity index (χ3v) is 5.18. The molecule has 0 amide bonds. The van der Waals surface area contributed by atoms with Crippen LogP contribution in [0.5, 0.6) is 5.75 Å². The summed E-state index contributed by atoms with van der Waals surface area (Å²) in [7, 11) is -3.64. The highest BCUT2D eigenvalue weighted by Gasteiger charge is 2.24. The Kier molecular flexibility index (Phi) is 5.95. The summed E-state index contributed by atoms with van der Waals surface area (Å²) in [6, 6.07) is 4.56. The van der Waals surface area contributed by atoms with Crippen molar-refractivity contribution in [2.45, 2.75) is 45.2 Å². The van der Waals surface area contributed by atoms with E-state index in [4.69, 9.17) is 4.74 Å². The molecule has 8 heteroatoms. The van der Waals surface area contributed by atoms with Gasteiger partial charge >= 0.3 is 0 Å². The van der Waals surface area contributed by atoms with Gasteiger partial charge in [-0.05, 0) is 43.5 Å². The van der Waals surface area contributed by atoms with Crippen LogP contribution in [0.15, 0.2) is 35.5 Å². The molecule has 7 nitrogen and oxygen atoms in total. The van der Waals surface area contributed by atoms with Crippen LogP contribution in [0.4, 0.5) is 0 Å². The lowest BCUT2D eigenvalue weighted by molar-refractivity contribution is 0.337. The Morgan fingerprint density at radius 2 is 1.92 bits per heavy atom. The molecule has 0 aliphatic carbocycles. The minimum absolute atomic E-state index is 0.0922. The molecular formula is C16H24N4O3S. The third kappa shape index (κ3) is 4.55. The van der Waals surface area contributed by atoms with E-state index in [1.807, 2.05) is 27.7 Å². The van der Waals surface area contributed by atoms with Crippen molar-refractivity contribution in [3.8, 4) is 5.75 Å². The summed E-state index contributed by atoms with van der Waals surface area (Å²) < 4.78 is 33.6. The van der Waals surface area contributed by atoms with E-state index in [-0.39, 0.29) is 16.9 Å². The Balaban J connectivity index is 2.20. The van der Waals surface area contributed by atoms with Crippen LogP contribution in [0, 0.1) is 12.8 Å². The fraction of sp³-hybridized carbons (Fsp3) is 0.500. The molecule has 1 atom stereocenters. The summed E-state index contributed by atoms with van der Waals surface area (Å²) in [5, 5.41) is 8.08. The van der Waals surface area contributed by atoms with Crippen LogP contribution in [0.3, 0.4) is 0 Å². The number of ether oxygens (including phenoxy) is 1. The topological polar surface area (TPSA) is 86.1 Å². The molecule has 1 aromatic heterocycles. The molecule has 0 radical (unpaired) electrons. The SMILES string of the molecule is CCOc1ccc(S(=O)(=O)NC(Cn2nccn2)C(C)C)cc1C. The number of aryl methyl sites for hydroxylation is 1. The first-order valence-electron chi connectivity index (χ1n) is 7.93. The molecule has 24 heavy (non-hydrogen) atoms. The number of sulfonamides is 1. The molecular weight excluding hydrogens is 328 g/mol. The number of aromatic nitrogens is 3. The zero-order valence-electron chi connectivity index (χ0n) is 14.4. The average Bonchev–Trinajstić information content (AvgIpc) is 3.01. The van der Waals surface area contributed by atoms with Crippen LogP contribution in [-0.2, 0) is 16.6 Å². The second-order valence-corrected chi connectivity index (χ2v) is 7.63. The van der Waals surface area contributed by atoms with Crippen LogP contribution in [0.1, 0.15) is 26.3 Å². The lowest BCUT2D eigenvalue weighted by Crippen LogP contribution is -2.41. The molecule has 1 N–H and O–H groups in total. The quantitative estimate of drug-likeness (QED) is 0.785. The molecule has 2 aromatic rings. The Morgan fingerprint density at radius 1 is 1.25 bits per heavy atom.